The third-order valence-electron chi connectivity index (χ3n) is 4.45. The zero-order valence-corrected chi connectivity index (χ0v) is 16.4. The van der Waals surface area contributed by atoms with E-state index in [1.54, 1.807) is 0 Å². The Hall–Kier alpha value is -0.0800. The molecule has 0 aromatic rings. The summed E-state index contributed by atoms with van der Waals surface area (Å²) in [6.07, 6.45) is 10.7. The van der Waals surface area contributed by atoms with Crippen LogP contribution in [0.2, 0.25) is 0 Å². The molecule has 0 saturated carbocycles. The van der Waals surface area contributed by atoms with Gasteiger partial charge in [0, 0.05) is 13.1 Å². The topological polar surface area (TPSA) is 6.48 Å². The average Bonchev–Trinajstić information content (AvgIpc) is 2.52. The first-order valence-electron chi connectivity index (χ1n) is 10.1. The van der Waals surface area contributed by atoms with Crippen molar-refractivity contribution < 1.29 is 0 Å². The van der Waals surface area contributed by atoms with Crippen LogP contribution in [0.4, 0.5) is 0 Å². The van der Waals surface area contributed by atoms with Crippen molar-refractivity contribution in [2.45, 2.75) is 86.0 Å². The second kappa shape index (κ2) is 15.8. The van der Waals surface area contributed by atoms with Gasteiger partial charge in [-0.1, -0.05) is 60.3 Å². The highest BCUT2D eigenvalue weighted by atomic mass is 15.1. The van der Waals surface area contributed by atoms with Crippen LogP contribution in [-0.4, -0.2) is 49.1 Å². The lowest BCUT2D eigenvalue weighted by molar-refractivity contribution is 0.177. The van der Waals surface area contributed by atoms with E-state index in [0.717, 1.165) is 5.92 Å². The van der Waals surface area contributed by atoms with Crippen molar-refractivity contribution >= 4 is 0 Å². The van der Waals surface area contributed by atoms with Crippen LogP contribution in [0.3, 0.4) is 0 Å². The molecule has 0 atom stereocenters. The minimum Gasteiger partial charge on any atom is -0.303 e. The van der Waals surface area contributed by atoms with E-state index >= 15 is 0 Å². The van der Waals surface area contributed by atoms with E-state index < -0.39 is 0 Å². The molecular formula is C20H44N2. The third kappa shape index (κ3) is 12.5. The van der Waals surface area contributed by atoms with Gasteiger partial charge in [0.25, 0.3) is 0 Å². The van der Waals surface area contributed by atoms with E-state index in [0.29, 0.717) is 0 Å². The van der Waals surface area contributed by atoms with Gasteiger partial charge in [0.2, 0.25) is 0 Å². The molecule has 0 radical (unpaired) electrons. The fraction of sp³-hybridized carbons (Fsp3) is 1.00. The molecule has 0 aliphatic heterocycles. The summed E-state index contributed by atoms with van der Waals surface area (Å²) >= 11 is 0. The smallest absolute Gasteiger partial charge is 0.00192 e. The fourth-order valence-corrected chi connectivity index (χ4v) is 3.05. The molecule has 0 aliphatic carbocycles. The van der Waals surface area contributed by atoms with Gasteiger partial charge in [-0.3, -0.25) is 0 Å². The Balaban J connectivity index is 4.24. The summed E-state index contributed by atoms with van der Waals surface area (Å²) in [4.78, 5) is 5.44. The van der Waals surface area contributed by atoms with Gasteiger partial charge < -0.3 is 9.80 Å². The van der Waals surface area contributed by atoms with Crippen LogP contribution >= 0.6 is 0 Å². The summed E-state index contributed by atoms with van der Waals surface area (Å²) in [7, 11) is 0. The highest BCUT2D eigenvalue weighted by Crippen LogP contribution is 2.09. The predicted octanol–water partition coefficient (Wildman–Crippen LogP) is 5.43. The second-order valence-corrected chi connectivity index (χ2v) is 7.12. The van der Waals surface area contributed by atoms with Gasteiger partial charge in [-0.2, -0.15) is 0 Å². The zero-order chi connectivity index (χ0) is 16.6. The molecule has 0 spiro atoms. The van der Waals surface area contributed by atoms with Gasteiger partial charge >= 0.3 is 0 Å². The van der Waals surface area contributed by atoms with Gasteiger partial charge in [-0.05, 0) is 57.8 Å². The van der Waals surface area contributed by atoms with Gasteiger partial charge in [0.15, 0.2) is 0 Å². The number of rotatable bonds is 16. The van der Waals surface area contributed by atoms with Crippen LogP contribution in [0.1, 0.15) is 86.0 Å². The molecule has 0 saturated heterocycles. The first-order chi connectivity index (χ1) is 10.7. The molecule has 2 heteroatoms. The first-order valence-corrected chi connectivity index (χ1v) is 10.1. The quantitative estimate of drug-likeness (QED) is 0.375. The van der Waals surface area contributed by atoms with Crippen LogP contribution in [0.5, 0.6) is 0 Å². The van der Waals surface area contributed by atoms with E-state index in [1.165, 1.54) is 90.6 Å². The second-order valence-electron chi connectivity index (χ2n) is 7.12. The molecule has 0 heterocycles. The summed E-state index contributed by atoms with van der Waals surface area (Å²) < 4.78 is 0. The normalized spacial score (nSPS) is 12.0. The van der Waals surface area contributed by atoms with Crippen molar-refractivity contribution in [1.29, 1.82) is 0 Å². The van der Waals surface area contributed by atoms with Crippen molar-refractivity contribution in [3.05, 3.63) is 0 Å². The van der Waals surface area contributed by atoms with Crippen molar-refractivity contribution in [3.63, 3.8) is 0 Å². The monoisotopic (exact) mass is 312 g/mol. The van der Waals surface area contributed by atoms with E-state index in [4.69, 9.17) is 0 Å². The minimum atomic E-state index is 0.794. The Labute approximate surface area is 141 Å². The first kappa shape index (κ1) is 21.9. The van der Waals surface area contributed by atoms with Crippen molar-refractivity contribution in [1.82, 2.24) is 9.80 Å². The largest absolute Gasteiger partial charge is 0.303 e. The lowest BCUT2D eigenvalue weighted by Gasteiger charge is -2.30. The van der Waals surface area contributed by atoms with E-state index in [9.17, 15) is 0 Å². The molecule has 0 fully saturated rings. The average molecular weight is 313 g/mol. The summed E-state index contributed by atoms with van der Waals surface area (Å²) in [6, 6.07) is 0. The molecule has 0 aromatic heterocycles. The summed E-state index contributed by atoms with van der Waals surface area (Å²) in [6.45, 7) is 19.4. The summed E-state index contributed by atoms with van der Waals surface area (Å²) in [5, 5.41) is 0. The molecule has 0 unspecified atom stereocenters. The van der Waals surface area contributed by atoms with Gasteiger partial charge in [0.05, 0.1) is 0 Å². The number of hydrogen-bond acceptors (Lipinski definition) is 2. The predicted molar refractivity (Wildman–Crippen MR) is 102 cm³/mol. The molecule has 0 aromatic carbocycles. The standard InChI is InChI=1S/C20H44N2/c1-6-10-14-21(15-11-7-2)18-20(5)19-22(16-12-8-3)17-13-9-4/h20H,6-19H2,1-5H3. The maximum atomic E-state index is 2.72. The fourth-order valence-electron chi connectivity index (χ4n) is 3.05. The van der Waals surface area contributed by atoms with E-state index in [2.05, 4.69) is 44.4 Å². The Kier molecular flexibility index (Phi) is 15.7. The molecule has 0 bridgehead atoms. The molecule has 22 heavy (non-hydrogen) atoms. The van der Waals surface area contributed by atoms with Gasteiger partial charge in [0.1, 0.15) is 0 Å². The molecule has 0 amide bonds. The van der Waals surface area contributed by atoms with Crippen LogP contribution in [-0.2, 0) is 0 Å². The van der Waals surface area contributed by atoms with Gasteiger partial charge in [-0.15, -0.1) is 0 Å². The lowest BCUT2D eigenvalue weighted by atomic mass is 10.1. The third-order valence-corrected chi connectivity index (χ3v) is 4.45. The molecular weight excluding hydrogens is 268 g/mol. The molecule has 134 valence electrons. The Morgan fingerprint density at radius 1 is 0.545 bits per heavy atom. The number of unbranched alkanes of at least 4 members (excludes halogenated alkanes) is 4. The number of hydrogen-bond donors (Lipinski definition) is 0. The molecule has 0 rings (SSSR count). The Bertz CT molecular complexity index is 180. The van der Waals surface area contributed by atoms with Crippen molar-refractivity contribution in [3.8, 4) is 0 Å². The summed E-state index contributed by atoms with van der Waals surface area (Å²) in [5.74, 6) is 0.794. The maximum absolute atomic E-state index is 2.72. The zero-order valence-electron chi connectivity index (χ0n) is 16.4. The summed E-state index contributed by atoms with van der Waals surface area (Å²) in [5.41, 5.74) is 0. The Morgan fingerprint density at radius 2 is 0.818 bits per heavy atom. The lowest BCUT2D eigenvalue weighted by Crippen LogP contribution is -2.37. The molecule has 2 nitrogen and oxygen atoms in total. The van der Waals surface area contributed by atoms with Crippen LogP contribution in [0.15, 0.2) is 0 Å². The van der Waals surface area contributed by atoms with Crippen molar-refractivity contribution in [2.24, 2.45) is 5.92 Å². The van der Waals surface area contributed by atoms with Crippen molar-refractivity contribution in [2.75, 3.05) is 39.3 Å². The number of nitrogens with zero attached hydrogens (tertiary/aromatic N) is 2. The maximum Gasteiger partial charge on any atom is 0.00192 e. The van der Waals surface area contributed by atoms with E-state index in [-0.39, 0.29) is 0 Å². The highest BCUT2D eigenvalue weighted by molar-refractivity contribution is 4.68. The highest BCUT2D eigenvalue weighted by Gasteiger charge is 2.13. The van der Waals surface area contributed by atoms with Crippen LogP contribution in [0.25, 0.3) is 0 Å². The molecule has 0 N–H and O–H groups in total. The van der Waals surface area contributed by atoms with Gasteiger partial charge in [-0.25, -0.2) is 0 Å². The SMILES string of the molecule is CCCCN(CCCC)CC(C)CN(CCCC)CCCC. The van der Waals surface area contributed by atoms with E-state index in [1.807, 2.05) is 0 Å². The molecule has 0 aliphatic rings. The minimum absolute atomic E-state index is 0.794. The van der Waals surface area contributed by atoms with Crippen LogP contribution in [0, 0.1) is 5.92 Å². The Morgan fingerprint density at radius 3 is 1.05 bits per heavy atom. The van der Waals surface area contributed by atoms with Crippen LogP contribution < -0.4 is 0 Å².